The second-order valence-electron chi connectivity index (χ2n) is 5.76. The molecule has 3 aromatic rings. The number of rotatable bonds is 5. The summed E-state index contributed by atoms with van der Waals surface area (Å²) in [7, 11) is 0. The smallest absolute Gasteiger partial charge is 0.276 e. The summed E-state index contributed by atoms with van der Waals surface area (Å²) in [5.41, 5.74) is 1.29. The van der Waals surface area contributed by atoms with Gasteiger partial charge in [0, 0.05) is 6.54 Å². The van der Waals surface area contributed by atoms with Crippen molar-refractivity contribution in [3.8, 4) is 0 Å². The number of hydrogen-bond donors (Lipinski definition) is 2. The van der Waals surface area contributed by atoms with E-state index in [2.05, 4.69) is 20.7 Å². The Hall–Kier alpha value is -3.06. The molecule has 0 atom stereocenters. The number of nitrogens with one attached hydrogen (secondary N) is 2. The van der Waals surface area contributed by atoms with Gasteiger partial charge in [-0.3, -0.25) is 10.1 Å². The average Bonchev–Trinajstić information content (AvgIpc) is 2.64. The zero-order chi connectivity index (χ0) is 17.2. The van der Waals surface area contributed by atoms with E-state index in [0.717, 1.165) is 11.1 Å². The van der Waals surface area contributed by atoms with Gasteiger partial charge in [-0.1, -0.05) is 24.3 Å². The van der Waals surface area contributed by atoms with Gasteiger partial charge in [-0.05, 0) is 30.2 Å². The first-order valence-electron chi connectivity index (χ1n) is 8.01. The first-order chi connectivity index (χ1) is 12.2. The van der Waals surface area contributed by atoms with Crippen LogP contribution in [0.3, 0.4) is 0 Å². The van der Waals surface area contributed by atoms with Crippen molar-refractivity contribution < 1.29 is 4.39 Å². The molecule has 0 radical (unpaired) electrons. The van der Waals surface area contributed by atoms with Gasteiger partial charge in [0.2, 0.25) is 0 Å². The highest BCUT2D eigenvalue weighted by Crippen LogP contribution is 2.30. The summed E-state index contributed by atoms with van der Waals surface area (Å²) in [6, 6.07) is 12.1. The molecule has 2 heterocycles. The zero-order valence-electron chi connectivity index (χ0n) is 13.4. The number of halogens is 1. The third-order valence-electron chi connectivity index (χ3n) is 4.17. The van der Waals surface area contributed by atoms with Gasteiger partial charge in [0.15, 0.2) is 5.82 Å². The van der Waals surface area contributed by atoms with Crippen molar-refractivity contribution in [2.75, 3.05) is 11.9 Å². The van der Waals surface area contributed by atoms with Gasteiger partial charge in [0.25, 0.3) is 5.56 Å². The molecule has 0 fully saturated rings. The third-order valence-corrected chi connectivity index (χ3v) is 4.17. The Kier molecular flexibility index (Phi) is 3.99. The third kappa shape index (κ3) is 2.89. The topological polar surface area (TPSA) is 71.3 Å². The van der Waals surface area contributed by atoms with E-state index in [4.69, 9.17) is 0 Å². The number of aromatic nitrogens is 2. The minimum absolute atomic E-state index is 0.183. The highest BCUT2D eigenvalue weighted by atomic mass is 19.1. The van der Waals surface area contributed by atoms with E-state index in [0.29, 0.717) is 29.7 Å². The summed E-state index contributed by atoms with van der Waals surface area (Å²) < 4.78 is 15.0. The van der Waals surface area contributed by atoms with Crippen LogP contribution >= 0.6 is 0 Å². The van der Waals surface area contributed by atoms with E-state index < -0.39 is 0 Å². The van der Waals surface area contributed by atoms with E-state index in [1.54, 1.807) is 24.5 Å². The molecule has 0 bridgehead atoms. The number of anilines is 1. The monoisotopic (exact) mass is 337 g/mol. The lowest BCUT2D eigenvalue weighted by molar-refractivity contribution is 0.493. The van der Waals surface area contributed by atoms with Crippen molar-refractivity contribution in [2.24, 2.45) is 4.99 Å². The van der Waals surface area contributed by atoms with Crippen molar-refractivity contribution in [1.82, 2.24) is 15.1 Å². The molecule has 0 saturated heterocycles. The molecule has 0 unspecified atom stereocenters. The molecular formula is C18H16FN5O. The van der Waals surface area contributed by atoms with E-state index >= 15 is 0 Å². The molecule has 126 valence electrons. The second kappa shape index (κ2) is 6.45. The maximum atomic E-state index is 13.6. The maximum absolute atomic E-state index is 13.6. The first kappa shape index (κ1) is 15.5. The lowest BCUT2D eigenvalue weighted by atomic mass is 10.1. The average molecular weight is 337 g/mol. The van der Waals surface area contributed by atoms with Crippen LogP contribution in [-0.4, -0.2) is 22.7 Å². The quantitative estimate of drug-likeness (QED) is 0.702. The van der Waals surface area contributed by atoms with E-state index in [1.807, 2.05) is 18.2 Å². The summed E-state index contributed by atoms with van der Waals surface area (Å²) in [5.74, 6) is 0.295. The normalized spacial score (nSPS) is 12.4. The van der Waals surface area contributed by atoms with Gasteiger partial charge in [0.1, 0.15) is 5.82 Å². The van der Waals surface area contributed by atoms with Crippen LogP contribution in [0, 0.1) is 5.82 Å². The molecule has 6 nitrogen and oxygen atoms in total. The molecule has 0 saturated carbocycles. The van der Waals surface area contributed by atoms with Crippen LogP contribution in [0.5, 0.6) is 0 Å². The fourth-order valence-corrected chi connectivity index (χ4v) is 2.91. The van der Waals surface area contributed by atoms with Gasteiger partial charge >= 0.3 is 0 Å². The van der Waals surface area contributed by atoms with Crippen LogP contribution in [0.1, 0.15) is 5.56 Å². The molecule has 0 spiro atoms. The van der Waals surface area contributed by atoms with E-state index in [-0.39, 0.29) is 18.0 Å². The van der Waals surface area contributed by atoms with Gasteiger partial charge in [-0.25, -0.2) is 14.1 Å². The van der Waals surface area contributed by atoms with E-state index in [1.165, 1.54) is 10.7 Å². The number of nitrogens with zero attached hydrogens (tertiary/aromatic N) is 3. The van der Waals surface area contributed by atoms with E-state index in [9.17, 15) is 9.18 Å². The Morgan fingerprint density at radius 1 is 1.16 bits per heavy atom. The molecule has 1 aliphatic rings. The Morgan fingerprint density at radius 3 is 2.92 bits per heavy atom. The SMILES string of the molecule is O=c1c2cccc3c2c(nn1CNCCc1ccccc1F)N=CN3. The summed E-state index contributed by atoms with van der Waals surface area (Å²) >= 11 is 0. The lowest BCUT2D eigenvalue weighted by Crippen LogP contribution is -2.31. The molecule has 2 aromatic carbocycles. The van der Waals surface area contributed by atoms with Crippen LogP contribution in [-0.2, 0) is 13.1 Å². The summed E-state index contributed by atoms with van der Waals surface area (Å²) in [6.07, 6.45) is 2.10. The van der Waals surface area contributed by atoms with Crippen LogP contribution in [0.4, 0.5) is 15.9 Å². The molecule has 25 heavy (non-hydrogen) atoms. The molecular weight excluding hydrogens is 321 g/mol. The predicted octanol–water partition coefficient (Wildman–Crippen LogP) is 2.41. The Balaban J connectivity index is 1.53. The van der Waals surface area contributed by atoms with Crippen molar-refractivity contribution in [1.29, 1.82) is 0 Å². The first-order valence-corrected chi connectivity index (χ1v) is 8.01. The van der Waals surface area contributed by atoms with Gasteiger partial charge in [-0.2, -0.15) is 0 Å². The number of benzene rings is 2. The number of hydrogen-bond acceptors (Lipinski definition) is 5. The van der Waals surface area contributed by atoms with Crippen LogP contribution in [0.15, 0.2) is 52.3 Å². The maximum Gasteiger partial charge on any atom is 0.276 e. The minimum Gasteiger partial charge on any atom is -0.346 e. The predicted molar refractivity (Wildman–Crippen MR) is 95.9 cm³/mol. The van der Waals surface area contributed by atoms with Gasteiger partial charge < -0.3 is 5.32 Å². The molecule has 1 aromatic heterocycles. The van der Waals surface area contributed by atoms with Gasteiger partial charge in [0.05, 0.1) is 29.5 Å². The standard InChI is InChI=1S/C18H16FN5O/c19-14-6-2-1-4-12(14)8-9-20-11-24-18(25)13-5-3-7-15-16(13)17(23-24)22-10-21-15/h1-7,10,20H,8-9,11H2,(H,21,22,23). The number of aliphatic imine (C=N–C) groups is 1. The lowest BCUT2D eigenvalue weighted by Gasteiger charge is -2.14. The van der Waals surface area contributed by atoms with Gasteiger partial charge in [-0.15, -0.1) is 5.10 Å². The second-order valence-corrected chi connectivity index (χ2v) is 5.76. The zero-order valence-corrected chi connectivity index (χ0v) is 13.4. The van der Waals surface area contributed by atoms with Crippen LogP contribution in [0.25, 0.3) is 10.8 Å². The molecule has 0 amide bonds. The molecule has 7 heteroatoms. The molecule has 4 rings (SSSR count). The Bertz CT molecular complexity index is 1030. The molecule has 2 N–H and O–H groups in total. The minimum atomic E-state index is -0.218. The molecule has 1 aliphatic heterocycles. The highest BCUT2D eigenvalue weighted by Gasteiger charge is 2.15. The fraction of sp³-hybridized carbons (Fsp3) is 0.167. The largest absolute Gasteiger partial charge is 0.346 e. The van der Waals surface area contributed by atoms with Crippen LogP contribution in [0.2, 0.25) is 0 Å². The van der Waals surface area contributed by atoms with Crippen LogP contribution < -0.4 is 16.2 Å². The van der Waals surface area contributed by atoms with Crippen molar-refractivity contribution in [2.45, 2.75) is 13.1 Å². The Morgan fingerprint density at radius 2 is 2.04 bits per heavy atom. The summed E-state index contributed by atoms with van der Waals surface area (Å²) in [5, 5.41) is 11.8. The molecule has 0 aliphatic carbocycles. The summed E-state index contributed by atoms with van der Waals surface area (Å²) in [4.78, 5) is 16.8. The Labute approximate surface area is 143 Å². The van der Waals surface area contributed by atoms with Crippen molar-refractivity contribution >= 4 is 28.6 Å². The fourth-order valence-electron chi connectivity index (χ4n) is 2.91. The van der Waals surface area contributed by atoms with Crippen molar-refractivity contribution in [3.05, 3.63) is 64.2 Å². The highest BCUT2D eigenvalue weighted by molar-refractivity contribution is 6.06. The van der Waals surface area contributed by atoms with Crippen molar-refractivity contribution in [3.63, 3.8) is 0 Å². The summed E-state index contributed by atoms with van der Waals surface area (Å²) in [6.45, 7) is 0.774.